The second kappa shape index (κ2) is 5.42. The molecule has 3 heterocycles. The molecule has 0 radical (unpaired) electrons. The van der Waals surface area contributed by atoms with E-state index in [0.29, 0.717) is 5.56 Å². The second-order valence-electron chi connectivity index (χ2n) is 5.32. The topological polar surface area (TPSA) is 38.1 Å². The van der Waals surface area contributed by atoms with E-state index >= 15 is 0 Å². The van der Waals surface area contributed by atoms with E-state index in [1.54, 1.807) is 22.2 Å². The number of carbonyl (C=O) groups excluding carboxylic acids is 1. The molecule has 1 aliphatic heterocycles. The number of likely N-dealkylation sites (tertiary alicyclic amines) is 1. The summed E-state index contributed by atoms with van der Waals surface area (Å²) in [5, 5.41) is 6.28. The van der Waals surface area contributed by atoms with Crippen molar-refractivity contribution in [3.8, 4) is 5.69 Å². The summed E-state index contributed by atoms with van der Waals surface area (Å²) < 4.78 is 1.77. The third-order valence-electron chi connectivity index (χ3n) is 4.01. The molecule has 0 N–H and O–H groups in total. The minimum Gasteiger partial charge on any atom is -0.331 e. The van der Waals surface area contributed by atoms with Crippen molar-refractivity contribution in [1.29, 1.82) is 0 Å². The van der Waals surface area contributed by atoms with E-state index in [2.05, 4.69) is 16.5 Å². The van der Waals surface area contributed by atoms with E-state index in [9.17, 15) is 4.79 Å². The van der Waals surface area contributed by atoms with Gasteiger partial charge in [-0.2, -0.15) is 5.10 Å². The molecule has 1 atom stereocenters. The zero-order valence-corrected chi connectivity index (χ0v) is 12.7. The van der Waals surface area contributed by atoms with Gasteiger partial charge in [-0.3, -0.25) is 4.79 Å². The lowest BCUT2D eigenvalue weighted by Gasteiger charge is -2.40. The van der Waals surface area contributed by atoms with Gasteiger partial charge in [-0.25, -0.2) is 4.68 Å². The Bertz CT molecular complexity index is 780. The Labute approximate surface area is 132 Å². The highest BCUT2D eigenvalue weighted by molar-refractivity contribution is 7.10. The lowest BCUT2D eigenvalue weighted by molar-refractivity contribution is 0.0468. The number of carbonyl (C=O) groups is 1. The van der Waals surface area contributed by atoms with Crippen molar-refractivity contribution in [2.45, 2.75) is 12.5 Å². The van der Waals surface area contributed by atoms with Gasteiger partial charge in [0.2, 0.25) is 0 Å². The summed E-state index contributed by atoms with van der Waals surface area (Å²) in [4.78, 5) is 16.0. The van der Waals surface area contributed by atoms with E-state index in [-0.39, 0.29) is 11.9 Å². The first-order chi connectivity index (χ1) is 10.8. The predicted octanol–water partition coefficient (Wildman–Crippen LogP) is 3.52. The van der Waals surface area contributed by atoms with Crippen molar-refractivity contribution < 1.29 is 4.79 Å². The van der Waals surface area contributed by atoms with Gasteiger partial charge in [0.1, 0.15) is 0 Å². The highest BCUT2D eigenvalue weighted by Crippen LogP contribution is 2.36. The Hall–Kier alpha value is -2.40. The van der Waals surface area contributed by atoms with Crippen LogP contribution in [0.15, 0.2) is 60.2 Å². The third kappa shape index (κ3) is 2.23. The molecule has 1 amide bonds. The molecular weight excluding hydrogens is 294 g/mol. The van der Waals surface area contributed by atoms with Crippen LogP contribution in [0.2, 0.25) is 0 Å². The molecule has 22 heavy (non-hydrogen) atoms. The Morgan fingerprint density at radius 1 is 1.23 bits per heavy atom. The molecule has 4 rings (SSSR count). The second-order valence-corrected chi connectivity index (χ2v) is 6.30. The number of amides is 1. The molecule has 1 saturated heterocycles. The maximum Gasteiger partial charge on any atom is 0.254 e. The van der Waals surface area contributed by atoms with Gasteiger partial charge in [0.15, 0.2) is 0 Å². The molecular formula is C17H15N3OS. The Balaban J connectivity index is 1.60. The highest BCUT2D eigenvalue weighted by atomic mass is 32.1. The van der Waals surface area contributed by atoms with Crippen molar-refractivity contribution >= 4 is 17.2 Å². The van der Waals surface area contributed by atoms with Crippen molar-refractivity contribution in [3.63, 3.8) is 0 Å². The van der Waals surface area contributed by atoms with Crippen molar-refractivity contribution in [2.24, 2.45) is 0 Å². The van der Waals surface area contributed by atoms with E-state index in [1.165, 1.54) is 4.88 Å². The van der Waals surface area contributed by atoms with Gasteiger partial charge in [0.05, 0.1) is 11.7 Å². The normalized spacial score (nSPS) is 17.3. The van der Waals surface area contributed by atoms with Gasteiger partial charge in [-0.1, -0.05) is 12.1 Å². The van der Waals surface area contributed by atoms with Crippen LogP contribution in [0.5, 0.6) is 0 Å². The number of aromatic nitrogens is 2. The molecule has 3 aromatic rings. The quantitative estimate of drug-likeness (QED) is 0.742. The number of benzene rings is 1. The minimum absolute atomic E-state index is 0.0960. The molecule has 4 nitrogen and oxygen atoms in total. The molecule has 0 aliphatic carbocycles. The summed E-state index contributed by atoms with van der Waals surface area (Å²) >= 11 is 1.72. The van der Waals surface area contributed by atoms with Crippen LogP contribution in [-0.4, -0.2) is 27.1 Å². The summed E-state index contributed by atoms with van der Waals surface area (Å²) in [6.45, 7) is 0.827. The molecule has 1 aromatic carbocycles. The average Bonchev–Trinajstić information content (AvgIpc) is 3.20. The maximum atomic E-state index is 12.8. The smallest absolute Gasteiger partial charge is 0.254 e. The molecule has 0 saturated carbocycles. The monoisotopic (exact) mass is 309 g/mol. The van der Waals surface area contributed by atoms with E-state index in [4.69, 9.17) is 0 Å². The van der Waals surface area contributed by atoms with Crippen LogP contribution >= 0.6 is 11.3 Å². The number of thiophene rings is 1. The highest BCUT2D eigenvalue weighted by Gasteiger charge is 2.34. The zero-order chi connectivity index (χ0) is 14.9. The van der Waals surface area contributed by atoms with Crippen LogP contribution in [0, 0.1) is 0 Å². The van der Waals surface area contributed by atoms with Gasteiger partial charge in [-0.15, -0.1) is 11.3 Å². The molecule has 0 spiro atoms. The molecule has 1 fully saturated rings. The first-order valence-corrected chi connectivity index (χ1v) is 8.15. The summed E-state index contributed by atoms with van der Waals surface area (Å²) in [5.41, 5.74) is 1.62. The van der Waals surface area contributed by atoms with Crippen molar-refractivity contribution in [2.75, 3.05) is 6.54 Å². The van der Waals surface area contributed by atoms with E-state index in [1.807, 2.05) is 47.5 Å². The minimum atomic E-state index is 0.0960. The largest absolute Gasteiger partial charge is 0.331 e. The fourth-order valence-electron chi connectivity index (χ4n) is 2.78. The Morgan fingerprint density at radius 3 is 2.86 bits per heavy atom. The number of hydrogen-bond donors (Lipinski definition) is 0. The van der Waals surface area contributed by atoms with Gasteiger partial charge in [-0.05, 0) is 42.1 Å². The van der Waals surface area contributed by atoms with Crippen LogP contribution in [0.3, 0.4) is 0 Å². The van der Waals surface area contributed by atoms with Gasteiger partial charge >= 0.3 is 0 Å². The SMILES string of the molecule is O=C(c1cccc(-n2cccn2)c1)N1CC[C@@H]1c1cccs1. The van der Waals surface area contributed by atoms with Gasteiger partial charge < -0.3 is 4.90 Å². The van der Waals surface area contributed by atoms with Crippen LogP contribution in [0.25, 0.3) is 5.69 Å². The molecule has 0 bridgehead atoms. The molecule has 110 valence electrons. The van der Waals surface area contributed by atoms with Crippen molar-refractivity contribution in [3.05, 3.63) is 70.7 Å². The molecule has 1 aliphatic rings. The Kier molecular flexibility index (Phi) is 3.27. The molecule has 2 aromatic heterocycles. The molecule has 5 heteroatoms. The van der Waals surface area contributed by atoms with E-state index in [0.717, 1.165) is 18.7 Å². The lowest BCUT2D eigenvalue weighted by atomic mass is 9.99. The Morgan fingerprint density at radius 2 is 2.18 bits per heavy atom. The zero-order valence-electron chi connectivity index (χ0n) is 11.9. The summed E-state index contributed by atoms with van der Waals surface area (Å²) in [6, 6.07) is 13.9. The fraction of sp³-hybridized carbons (Fsp3) is 0.176. The first-order valence-electron chi connectivity index (χ1n) is 7.27. The molecule has 0 unspecified atom stereocenters. The van der Waals surface area contributed by atoms with Gasteiger partial charge in [0, 0.05) is 29.4 Å². The first kappa shape index (κ1) is 13.3. The van der Waals surface area contributed by atoms with Crippen molar-refractivity contribution in [1.82, 2.24) is 14.7 Å². The summed E-state index contributed by atoms with van der Waals surface area (Å²) in [7, 11) is 0. The fourth-order valence-corrected chi connectivity index (χ4v) is 3.65. The standard InChI is InChI=1S/C17H15N3OS/c21-17(19-10-7-15(19)16-6-2-11-22-16)13-4-1-5-14(12-13)20-9-3-8-18-20/h1-6,8-9,11-12,15H,7,10H2/t15-/m1/s1. The van der Waals surface area contributed by atoms with E-state index < -0.39 is 0 Å². The lowest BCUT2D eigenvalue weighted by Crippen LogP contribution is -2.44. The summed E-state index contributed by atoms with van der Waals surface area (Å²) in [5.74, 6) is 0.0960. The predicted molar refractivity (Wildman–Crippen MR) is 86.3 cm³/mol. The van der Waals surface area contributed by atoms with Crippen LogP contribution in [-0.2, 0) is 0 Å². The van der Waals surface area contributed by atoms with Gasteiger partial charge in [0.25, 0.3) is 5.91 Å². The third-order valence-corrected chi connectivity index (χ3v) is 4.99. The number of rotatable bonds is 3. The van der Waals surface area contributed by atoms with Crippen LogP contribution < -0.4 is 0 Å². The maximum absolute atomic E-state index is 12.8. The van der Waals surface area contributed by atoms with Crippen LogP contribution in [0.1, 0.15) is 27.7 Å². The average molecular weight is 309 g/mol. The summed E-state index contributed by atoms with van der Waals surface area (Å²) in [6.07, 6.45) is 4.66. The van der Waals surface area contributed by atoms with Crippen LogP contribution in [0.4, 0.5) is 0 Å². The number of hydrogen-bond acceptors (Lipinski definition) is 3. The number of nitrogens with zero attached hydrogens (tertiary/aromatic N) is 3.